The summed E-state index contributed by atoms with van der Waals surface area (Å²) >= 11 is 1.48. The Morgan fingerprint density at radius 1 is 1.16 bits per heavy atom. The molecule has 0 saturated heterocycles. The number of amides is 2. The van der Waals surface area contributed by atoms with Crippen molar-refractivity contribution in [2.45, 2.75) is 24.0 Å². The molecule has 2 N–H and O–H groups in total. The Morgan fingerprint density at radius 3 is 2.52 bits per heavy atom. The summed E-state index contributed by atoms with van der Waals surface area (Å²) in [6.07, 6.45) is 1.61. The number of rotatable bonds is 7. The summed E-state index contributed by atoms with van der Waals surface area (Å²) in [5.41, 5.74) is 2.12. The molecule has 1 atom stereocenters. The smallest absolute Gasteiger partial charge is 0.253 e. The van der Waals surface area contributed by atoms with Gasteiger partial charge in [-0.15, -0.1) is 18.3 Å². The molecule has 0 radical (unpaired) electrons. The lowest BCUT2D eigenvalue weighted by Crippen LogP contribution is -2.27. The van der Waals surface area contributed by atoms with Gasteiger partial charge in [-0.3, -0.25) is 9.59 Å². The van der Waals surface area contributed by atoms with Gasteiger partial charge < -0.3 is 10.6 Å². The molecule has 0 saturated carbocycles. The van der Waals surface area contributed by atoms with Crippen molar-refractivity contribution >= 4 is 29.3 Å². The van der Waals surface area contributed by atoms with Crippen LogP contribution in [0.5, 0.6) is 0 Å². The molecule has 2 amide bonds. The topological polar surface area (TPSA) is 58.2 Å². The molecule has 5 heteroatoms. The Bertz CT molecular complexity index is 757. The van der Waals surface area contributed by atoms with Crippen LogP contribution in [0, 0.1) is 6.92 Å². The second kappa shape index (κ2) is 9.08. The normalized spacial score (nSPS) is 11.4. The molecule has 2 aromatic carbocycles. The van der Waals surface area contributed by atoms with E-state index < -0.39 is 0 Å². The van der Waals surface area contributed by atoms with Crippen molar-refractivity contribution in [3.63, 3.8) is 0 Å². The molecule has 0 aromatic heterocycles. The Kier molecular flexibility index (Phi) is 6.83. The van der Waals surface area contributed by atoms with Crippen molar-refractivity contribution in [3.8, 4) is 0 Å². The zero-order valence-corrected chi connectivity index (χ0v) is 15.2. The molecule has 0 aliphatic rings. The third kappa shape index (κ3) is 5.50. The van der Waals surface area contributed by atoms with E-state index in [1.165, 1.54) is 17.3 Å². The van der Waals surface area contributed by atoms with Gasteiger partial charge in [0.15, 0.2) is 0 Å². The number of hydrogen-bond acceptors (Lipinski definition) is 3. The van der Waals surface area contributed by atoms with Crippen molar-refractivity contribution in [3.05, 3.63) is 72.3 Å². The van der Waals surface area contributed by atoms with Crippen molar-refractivity contribution < 1.29 is 9.59 Å². The lowest BCUT2D eigenvalue weighted by molar-refractivity contribution is -0.115. The second-order valence-electron chi connectivity index (χ2n) is 5.61. The lowest BCUT2D eigenvalue weighted by Gasteiger charge is -2.14. The molecule has 0 fully saturated rings. The van der Waals surface area contributed by atoms with E-state index in [-0.39, 0.29) is 17.1 Å². The van der Waals surface area contributed by atoms with E-state index in [9.17, 15) is 9.59 Å². The zero-order valence-electron chi connectivity index (χ0n) is 14.4. The number of nitrogens with one attached hydrogen (secondary N) is 2. The first-order valence-corrected chi connectivity index (χ1v) is 8.91. The van der Waals surface area contributed by atoms with Crippen LogP contribution in [0.1, 0.15) is 22.8 Å². The maximum absolute atomic E-state index is 12.5. The zero-order chi connectivity index (χ0) is 18.2. The number of thioether (sulfide) groups is 1. The molecular formula is C20H22N2O2S. The van der Waals surface area contributed by atoms with Crippen LogP contribution < -0.4 is 10.6 Å². The molecule has 0 spiro atoms. The molecule has 0 aliphatic heterocycles. The number of para-hydroxylation sites is 1. The largest absolute Gasteiger partial charge is 0.349 e. The van der Waals surface area contributed by atoms with Gasteiger partial charge in [0.25, 0.3) is 5.91 Å². The highest BCUT2D eigenvalue weighted by Crippen LogP contribution is 2.25. The fourth-order valence-corrected chi connectivity index (χ4v) is 3.03. The first kappa shape index (κ1) is 18.8. The van der Waals surface area contributed by atoms with E-state index in [1.807, 2.05) is 38.1 Å². The van der Waals surface area contributed by atoms with Gasteiger partial charge in [0.1, 0.15) is 0 Å². The molecule has 4 nitrogen and oxygen atoms in total. The summed E-state index contributed by atoms with van der Waals surface area (Å²) in [5.74, 6) is -0.385. The van der Waals surface area contributed by atoms with Crippen LogP contribution in [0.2, 0.25) is 0 Å². The molecule has 2 rings (SSSR count). The molecule has 0 bridgehead atoms. The molecular weight excluding hydrogens is 332 g/mol. The molecule has 130 valence electrons. The number of hydrogen-bond donors (Lipinski definition) is 2. The van der Waals surface area contributed by atoms with Crippen LogP contribution in [-0.2, 0) is 4.79 Å². The summed E-state index contributed by atoms with van der Waals surface area (Å²) in [4.78, 5) is 25.7. The minimum atomic E-state index is -0.285. The van der Waals surface area contributed by atoms with Crippen molar-refractivity contribution in [1.29, 1.82) is 0 Å². The van der Waals surface area contributed by atoms with Gasteiger partial charge in [0, 0.05) is 11.4 Å². The van der Waals surface area contributed by atoms with Crippen LogP contribution in [0.4, 0.5) is 5.69 Å². The van der Waals surface area contributed by atoms with Gasteiger partial charge in [-0.25, -0.2) is 0 Å². The number of anilines is 1. The highest BCUT2D eigenvalue weighted by Gasteiger charge is 2.17. The molecule has 0 aliphatic carbocycles. The number of benzene rings is 2. The van der Waals surface area contributed by atoms with E-state index in [2.05, 4.69) is 17.2 Å². The third-order valence-electron chi connectivity index (χ3n) is 3.54. The predicted octanol–water partition coefficient (Wildman–Crippen LogP) is 4.03. The minimum Gasteiger partial charge on any atom is -0.349 e. The summed E-state index contributed by atoms with van der Waals surface area (Å²) in [6, 6.07) is 15.0. The van der Waals surface area contributed by atoms with Gasteiger partial charge in [-0.05, 0) is 38.1 Å². The third-order valence-corrected chi connectivity index (χ3v) is 4.65. The minimum absolute atomic E-state index is 0.144. The van der Waals surface area contributed by atoms with Crippen molar-refractivity contribution in [1.82, 2.24) is 5.32 Å². The summed E-state index contributed by atoms with van der Waals surface area (Å²) in [6.45, 7) is 7.83. The standard InChI is InChI=1S/C20H22N2O2S/c1-4-13-21-20(24)17-7-5-6-8-18(17)22-19(23)15(3)25-16-11-9-14(2)10-12-16/h4-12,15H,1,13H2,2-3H3,(H,21,24)(H,22,23)/t15-/m1/s1. The van der Waals surface area contributed by atoms with Crippen molar-refractivity contribution in [2.75, 3.05) is 11.9 Å². The summed E-state index contributed by atoms with van der Waals surface area (Å²) in [5, 5.41) is 5.29. The van der Waals surface area contributed by atoms with Crippen LogP contribution in [-0.4, -0.2) is 23.6 Å². The average Bonchev–Trinajstić information content (AvgIpc) is 2.62. The molecule has 2 aromatic rings. The number of carbonyl (C=O) groups excluding carboxylic acids is 2. The lowest BCUT2D eigenvalue weighted by atomic mass is 10.1. The highest BCUT2D eigenvalue weighted by molar-refractivity contribution is 8.00. The fraction of sp³-hybridized carbons (Fsp3) is 0.200. The maximum Gasteiger partial charge on any atom is 0.253 e. The first-order chi connectivity index (χ1) is 12.0. The molecule has 25 heavy (non-hydrogen) atoms. The monoisotopic (exact) mass is 354 g/mol. The van der Waals surface area contributed by atoms with E-state index >= 15 is 0 Å². The van der Waals surface area contributed by atoms with E-state index in [0.29, 0.717) is 17.8 Å². The van der Waals surface area contributed by atoms with E-state index in [4.69, 9.17) is 0 Å². The van der Waals surface area contributed by atoms with Gasteiger partial charge in [0.2, 0.25) is 5.91 Å². The number of aryl methyl sites for hydroxylation is 1. The van der Waals surface area contributed by atoms with E-state index in [1.54, 1.807) is 30.3 Å². The maximum atomic E-state index is 12.5. The SMILES string of the molecule is C=CCNC(=O)c1ccccc1NC(=O)[C@@H](C)Sc1ccc(C)cc1. The van der Waals surface area contributed by atoms with E-state index in [0.717, 1.165) is 4.90 Å². The summed E-state index contributed by atoms with van der Waals surface area (Å²) < 4.78 is 0. The second-order valence-corrected chi connectivity index (χ2v) is 7.02. The van der Waals surface area contributed by atoms with Gasteiger partial charge in [-0.2, -0.15) is 0 Å². The van der Waals surface area contributed by atoms with Gasteiger partial charge >= 0.3 is 0 Å². The van der Waals surface area contributed by atoms with Gasteiger partial charge in [-0.1, -0.05) is 35.9 Å². The Labute approximate surface area is 152 Å². The quantitative estimate of drug-likeness (QED) is 0.583. The van der Waals surface area contributed by atoms with Crippen LogP contribution in [0.15, 0.2) is 66.1 Å². The summed E-state index contributed by atoms with van der Waals surface area (Å²) in [7, 11) is 0. The van der Waals surface area contributed by atoms with Gasteiger partial charge in [0.05, 0.1) is 16.5 Å². The Hall–Kier alpha value is -2.53. The molecule has 0 heterocycles. The van der Waals surface area contributed by atoms with Crippen LogP contribution in [0.3, 0.4) is 0 Å². The highest BCUT2D eigenvalue weighted by atomic mass is 32.2. The average molecular weight is 354 g/mol. The first-order valence-electron chi connectivity index (χ1n) is 8.03. The Balaban J connectivity index is 2.05. The van der Waals surface area contributed by atoms with Crippen LogP contribution >= 0.6 is 11.8 Å². The number of carbonyl (C=O) groups is 2. The Morgan fingerprint density at radius 2 is 1.84 bits per heavy atom. The van der Waals surface area contributed by atoms with Crippen LogP contribution in [0.25, 0.3) is 0 Å². The van der Waals surface area contributed by atoms with Crippen molar-refractivity contribution in [2.24, 2.45) is 0 Å². The molecule has 0 unspecified atom stereocenters. The predicted molar refractivity (Wildman–Crippen MR) is 104 cm³/mol. The fourth-order valence-electron chi connectivity index (χ4n) is 2.16.